The van der Waals surface area contributed by atoms with E-state index in [1.165, 1.54) is 0 Å². The second-order valence-corrected chi connectivity index (χ2v) is 5.48. The third-order valence-electron chi connectivity index (χ3n) is 2.71. The van der Waals surface area contributed by atoms with Gasteiger partial charge in [0.05, 0.1) is 0 Å². The van der Waals surface area contributed by atoms with Crippen molar-refractivity contribution in [1.82, 2.24) is 9.97 Å². The normalized spacial score (nSPS) is 12.2. The molecule has 1 rings (SSSR count). The molecule has 1 aromatic rings. The number of rotatable bonds is 8. The maximum Gasteiger partial charge on any atom is 0.132 e. The molecule has 0 aliphatic rings. The highest BCUT2D eigenvalue weighted by molar-refractivity contribution is 7.99. The minimum atomic E-state index is 0.679. The van der Waals surface area contributed by atoms with Gasteiger partial charge in [0.25, 0.3) is 0 Å². The second kappa shape index (κ2) is 8.19. The second-order valence-electron chi connectivity index (χ2n) is 4.20. The molecule has 0 saturated heterocycles. The van der Waals surface area contributed by atoms with Gasteiger partial charge in [-0.05, 0) is 19.6 Å². The fourth-order valence-electron chi connectivity index (χ4n) is 1.54. The zero-order valence-electron chi connectivity index (χ0n) is 11.8. The van der Waals surface area contributed by atoms with Crippen LogP contribution in [0.2, 0.25) is 0 Å². The fraction of sp³-hybridized carbons (Fsp3) is 0.692. The van der Waals surface area contributed by atoms with Crippen LogP contribution in [0.25, 0.3) is 0 Å². The SMILES string of the molecule is CCNc1cc(NCCC(C)SC)nc(CC)n1. The number of anilines is 2. The first-order valence-corrected chi connectivity index (χ1v) is 7.86. The van der Waals surface area contributed by atoms with E-state index in [1.807, 2.05) is 17.8 Å². The molecule has 102 valence electrons. The molecule has 0 radical (unpaired) electrons. The first kappa shape index (κ1) is 15.1. The third kappa shape index (κ3) is 5.12. The summed E-state index contributed by atoms with van der Waals surface area (Å²) in [6.07, 6.45) is 4.14. The number of aromatic nitrogens is 2. The molecule has 0 fully saturated rings. The van der Waals surface area contributed by atoms with Gasteiger partial charge in [0.2, 0.25) is 0 Å². The summed E-state index contributed by atoms with van der Waals surface area (Å²) in [6.45, 7) is 8.22. The molecular formula is C13H24N4S. The Morgan fingerprint density at radius 2 is 1.89 bits per heavy atom. The van der Waals surface area contributed by atoms with Crippen LogP contribution < -0.4 is 10.6 Å². The van der Waals surface area contributed by atoms with E-state index in [4.69, 9.17) is 0 Å². The van der Waals surface area contributed by atoms with Gasteiger partial charge in [-0.3, -0.25) is 0 Å². The average molecular weight is 268 g/mol. The van der Waals surface area contributed by atoms with Gasteiger partial charge in [0, 0.05) is 30.8 Å². The zero-order valence-corrected chi connectivity index (χ0v) is 12.6. The Balaban J connectivity index is 2.60. The van der Waals surface area contributed by atoms with Gasteiger partial charge >= 0.3 is 0 Å². The molecule has 0 aliphatic carbocycles. The van der Waals surface area contributed by atoms with Gasteiger partial charge in [-0.2, -0.15) is 11.8 Å². The third-order valence-corrected chi connectivity index (χ3v) is 3.75. The molecular weight excluding hydrogens is 244 g/mol. The largest absolute Gasteiger partial charge is 0.370 e. The molecule has 1 atom stereocenters. The molecule has 1 unspecified atom stereocenters. The number of hydrogen-bond donors (Lipinski definition) is 2. The molecule has 4 nitrogen and oxygen atoms in total. The van der Waals surface area contributed by atoms with Crippen LogP contribution in [0, 0.1) is 0 Å². The standard InChI is InChI=1S/C13H24N4S/c1-5-11-16-12(14-6-2)9-13(17-11)15-8-7-10(3)18-4/h9-10H,5-8H2,1-4H3,(H2,14,15,16,17). The van der Waals surface area contributed by atoms with Crippen molar-refractivity contribution in [3.8, 4) is 0 Å². The molecule has 0 spiro atoms. The number of aryl methyl sites for hydroxylation is 1. The summed E-state index contributed by atoms with van der Waals surface area (Å²) >= 11 is 1.89. The Labute approximate surface area is 114 Å². The number of thioether (sulfide) groups is 1. The van der Waals surface area contributed by atoms with Gasteiger partial charge in [0.1, 0.15) is 17.5 Å². The lowest BCUT2D eigenvalue weighted by atomic mass is 10.3. The summed E-state index contributed by atoms with van der Waals surface area (Å²) in [5.41, 5.74) is 0. The Bertz CT molecular complexity index is 357. The molecule has 18 heavy (non-hydrogen) atoms. The highest BCUT2D eigenvalue weighted by Crippen LogP contribution is 2.13. The predicted octanol–water partition coefficient (Wildman–Crippen LogP) is 3.02. The van der Waals surface area contributed by atoms with Gasteiger partial charge in [0.15, 0.2) is 0 Å². The Hall–Kier alpha value is -0.970. The molecule has 0 bridgehead atoms. The first-order chi connectivity index (χ1) is 8.69. The predicted molar refractivity (Wildman–Crippen MR) is 81.7 cm³/mol. The molecule has 1 heterocycles. The van der Waals surface area contributed by atoms with Crippen LogP contribution in [-0.2, 0) is 6.42 Å². The van der Waals surface area contributed by atoms with Crippen molar-refractivity contribution in [3.05, 3.63) is 11.9 Å². The molecule has 5 heteroatoms. The zero-order chi connectivity index (χ0) is 13.4. The number of nitrogens with zero attached hydrogens (tertiary/aromatic N) is 2. The van der Waals surface area contributed by atoms with Crippen LogP contribution in [0.1, 0.15) is 33.0 Å². The van der Waals surface area contributed by atoms with E-state index in [1.54, 1.807) is 0 Å². The van der Waals surface area contributed by atoms with Gasteiger partial charge < -0.3 is 10.6 Å². The molecule has 1 aromatic heterocycles. The lowest BCUT2D eigenvalue weighted by Crippen LogP contribution is -2.11. The summed E-state index contributed by atoms with van der Waals surface area (Å²) in [4.78, 5) is 8.92. The van der Waals surface area contributed by atoms with E-state index in [2.05, 4.69) is 47.6 Å². The van der Waals surface area contributed by atoms with Crippen molar-refractivity contribution in [2.24, 2.45) is 0 Å². The van der Waals surface area contributed by atoms with Crippen LogP contribution in [0.4, 0.5) is 11.6 Å². The van der Waals surface area contributed by atoms with Crippen LogP contribution in [0.3, 0.4) is 0 Å². The van der Waals surface area contributed by atoms with Crippen molar-refractivity contribution in [3.63, 3.8) is 0 Å². The van der Waals surface area contributed by atoms with E-state index in [0.717, 1.165) is 43.4 Å². The van der Waals surface area contributed by atoms with Crippen LogP contribution in [0.5, 0.6) is 0 Å². The summed E-state index contributed by atoms with van der Waals surface area (Å²) in [6, 6.07) is 1.98. The molecule has 0 aliphatic heterocycles. The lowest BCUT2D eigenvalue weighted by Gasteiger charge is -2.12. The highest BCUT2D eigenvalue weighted by atomic mass is 32.2. The minimum absolute atomic E-state index is 0.679. The van der Waals surface area contributed by atoms with Crippen molar-refractivity contribution >= 4 is 23.4 Å². The maximum absolute atomic E-state index is 4.49. The minimum Gasteiger partial charge on any atom is -0.370 e. The Morgan fingerprint density at radius 3 is 2.44 bits per heavy atom. The van der Waals surface area contributed by atoms with E-state index in [-0.39, 0.29) is 0 Å². The quantitative estimate of drug-likeness (QED) is 0.759. The monoisotopic (exact) mass is 268 g/mol. The first-order valence-electron chi connectivity index (χ1n) is 6.58. The highest BCUT2D eigenvalue weighted by Gasteiger charge is 2.04. The molecule has 2 N–H and O–H groups in total. The van der Waals surface area contributed by atoms with Crippen LogP contribution >= 0.6 is 11.8 Å². The summed E-state index contributed by atoms with van der Waals surface area (Å²) < 4.78 is 0. The summed E-state index contributed by atoms with van der Waals surface area (Å²) in [5, 5.41) is 7.30. The van der Waals surface area contributed by atoms with E-state index in [0.29, 0.717) is 5.25 Å². The molecule has 0 saturated carbocycles. The Morgan fingerprint density at radius 1 is 1.22 bits per heavy atom. The van der Waals surface area contributed by atoms with Crippen molar-refractivity contribution < 1.29 is 0 Å². The van der Waals surface area contributed by atoms with E-state index >= 15 is 0 Å². The lowest BCUT2D eigenvalue weighted by molar-refractivity contribution is 0.844. The fourth-order valence-corrected chi connectivity index (χ4v) is 1.89. The van der Waals surface area contributed by atoms with Gasteiger partial charge in [-0.1, -0.05) is 13.8 Å². The summed E-state index contributed by atoms with van der Waals surface area (Å²) in [5.74, 6) is 2.71. The van der Waals surface area contributed by atoms with E-state index in [9.17, 15) is 0 Å². The smallest absolute Gasteiger partial charge is 0.132 e. The Kier molecular flexibility index (Phi) is 6.86. The number of hydrogen-bond acceptors (Lipinski definition) is 5. The van der Waals surface area contributed by atoms with Crippen LogP contribution in [0.15, 0.2) is 6.07 Å². The van der Waals surface area contributed by atoms with Crippen molar-refractivity contribution in [2.75, 3.05) is 30.0 Å². The molecule has 0 aromatic carbocycles. The van der Waals surface area contributed by atoms with Crippen molar-refractivity contribution in [2.45, 2.75) is 38.9 Å². The van der Waals surface area contributed by atoms with Gasteiger partial charge in [-0.25, -0.2) is 9.97 Å². The topological polar surface area (TPSA) is 49.8 Å². The van der Waals surface area contributed by atoms with Crippen LogP contribution in [-0.4, -0.2) is 34.6 Å². The number of nitrogens with one attached hydrogen (secondary N) is 2. The van der Waals surface area contributed by atoms with E-state index < -0.39 is 0 Å². The van der Waals surface area contributed by atoms with Gasteiger partial charge in [-0.15, -0.1) is 0 Å². The maximum atomic E-state index is 4.49. The summed E-state index contributed by atoms with van der Waals surface area (Å²) in [7, 11) is 0. The van der Waals surface area contributed by atoms with Crippen molar-refractivity contribution in [1.29, 1.82) is 0 Å². The average Bonchev–Trinajstić information content (AvgIpc) is 2.38. The molecule has 0 amide bonds.